The van der Waals surface area contributed by atoms with Crippen LogP contribution in [0, 0.1) is 0 Å². The molecule has 26 heavy (non-hydrogen) atoms. The molecule has 1 atom stereocenters. The van der Waals surface area contributed by atoms with E-state index in [-0.39, 0.29) is 16.9 Å². The Hall–Kier alpha value is -1.32. The first kappa shape index (κ1) is 21.0. The molecule has 1 aliphatic rings. The Morgan fingerprint density at radius 1 is 1.12 bits per heavy atom. The fraction of sp³-hybridized carbons (Fsp3) is 0.652. The fourth-order valence-electron chi connectivity index (χ4n) is 3.68. The number of piperazine rings is 1. The van der Waals surface area contributed by atoms with Gasteiger partial charge in [0.25, 0.3) is 0 Å². The zero-order valence-electron chi connectivity index (χ0n) is 17.9. The molecule has 2 rings (SSSR count). The monoisotopic (exact) mass is 358 g/mol. The lowest BCUT2D eigenvalue weighted by molar-refractivity contribution is 0.169. The number of aromatic hydroxyl groups is 1. The third kappa shape index (κ3) is 4.89. The van der Waals surface area contributed by atoms with E-state index in [1.165, 1.54) is 5.56 Å². The maximum Gasteiger partial charge on any atom is 0.124 e. The van der Waals surface area contributed by atoms with Gasteiger partial charge in [-0.15, -0.1) is 6.58 Å². The van der Waals surface area contributed by atoms with E-state index < -0.39 is 0 Å². The van der Waals surface area contributed by atoms with E-state index >= 15 is 0 Å². The Bertz CT molecular complexity index is 643. The molecule has 0 amide bonds. The third-order valence-corrected chi connectivity index (χ3v) is 5.31. The van der Waals surface area contributed by atoms with Crippen LogP contribution in [-0.2, 0) is 10.8 Å². The maximum absolute atomic E-state index is 11.3. The van der Waals surface area contributed by atoms with E-state index in [0.717, 1.165) is 49.3 Å². The van der Waals surface area contributed by atoms with E-state index in [1.54, 1.807) is 0 Å². The van der Waals surface area contributed by atoms with Crippen LogP contribution in [0.25, 0.3) is 0 Å². The predicted molar refractivity (Wildman–Crippen MR) is 112 cm³/mol. The van der Waals surface area contributed by atoms with Crippen LogP contribution in [0.3, 0.4) is 0 Å². The molecule has 0 spiro atoms. The van der Waals surface area contributed by atoms with Crippen molar-refractivity contribution in [1.82, 2.24) is 10.2 Å². The molecular weight excluding hydrogens is 320 g/mol. The number of nitrogens with zero attached hydrogens (tertiary/aromatic N) is 1. The van der Waals surface area contributed by atoms with E-state index in [0.29, 0.717) is 5.75 Å². The minimum atomic E-state index is -0.0999. The van der Waals surface area contributed by atoms with Gasteiger partial charge in [-0.25, -0.2) is 0 Å². The molecule has 0 aromatic heterocycles. The summed E-state index contributed by atoms with van der Waals surface area (Å²) in [6.07, 6.45) is 0.880. The molecule has 3 nitrogen and oxygen atoms in total. The molecule has 2 N–H and O–H groups in total. The summed E-state index contributed by atoms with van der Waals surface area (Å²) in [6, 6.07) is 4.62. The van der Waals surface area contributed by atoms with Gasteiger partial charge < -0.3 is 10.4 Å². The van der Waals surface area contributed by atoms with Gasteiger partial charge in [0.05, 0.1) is 0 Å². The van der Waals surface area contributed by atoms with E-state index in [4.69, 9.17) is 0 Å². The van der Waals surface area contributed by atoms with E-state index in [2.05, 4.69) is 77.4 Å². The second kappa shape index (κ2) is 7.74. The quantitative estimate of drug-likeness (QED) is 0.752. The first-order valence-corrected chi connectivity index (χ1v) is 9.88. The van der Waals surface area contributed by atoms with Crippen LogP contribution < -0.4 is 5.32 Å². The number of benzene rings is 1. The van der Waals surface area contributed by atoms with Gasteiger partial charge in [0, 0.05) is 37.8 Å². The van der Waals surface area contributed by atoms with Gasteiger partial charge >= 0.3 is 0 Å². The Morgan fingerprint density at radius 3 is 2.15 bits per heavy atom. The van der Waals surface area contributed by atoms with E-state index in [9.17, 15) is 5.11 Å². The molecule has 0 saturated carbocycles. The van der Waals surface area contributed by atoms with Crippen molar-refractivity contribution in [2.75, 3.05) is 26.2 Å². The highest BCUT2D eigenvalue weighted by molar-refractivity contribution is 5.50. The van der Waals surface area contributed by atoms with Crippen LogP contribution >= 0.6 is 0 Å². The predicted octanol–water partition coefficient (Wildman–Crippen LogP) is 4.90. The number of phenolic OH excluding ortho intramolecular Hbond substituents is 1. The summed E-state index contributed by atoms with van der Waals surface area (Å²) in [6.45, 7) is 23.5. The minimum Gasteiger partial charge on any atom is -0.507 e. The number of rotatable bonds is 4. The number of nitrogens with one attached hydrogen (secondary N) is 1. The SMILES string of the molecule is C=C(C)C[C@H](c1cc(C(C)(C)C)cc(C(C)(C)C)c1O)N1CCNCC1. The maximum atomic E-state index is 11.3. The van der Waals surface area contributed by atoms with Gasteiger partial charge in [0.1, 0.15) is 5.75 Å². The van der Waals surface area contributed by atoms with Crippen molar-refractivity contribution in [2.24, 2.45) is 0 Å². The number of hydrogen-bond acceptors (Lipinski definition) is 3. The lowest BCUT2D eigenvalue weighted by Crippen LogP contribution is -2.45. The summed E-state index contributed by atoms with van der Waals surface area (Å²) in [5.41, 5.74) is 4.49. The Kier molecular flexibility index (Phi) is 6.24. The fourth-order valence-corrected chi connectivity index (χ4v) is 3.68. The molecule has 3 heteroatoms. The highest BCUT2D eigenvalue weighted by Gasteiger charge is 2.30. The first-order valence-electron chi connectivity index (χ1n) is 9.88. The molecule has 1 saturated heterocycles. The van der Waals surface area contributed by atoms with Gasteiger partial charge in [-0.1, -0.05) is 53.2 Å². The molecule has 1 aromatic carbocycles. The topological polar surface area (TPSA) is 35.5 Å². The molecule has 1 heterocycles. The zero-order valence-corrected chi connectivity index (χ0v) is 17.9. The van der Waals surface area contributed by atoms with Gasteiger partial charge in [-0.05, 0) is 41.4 Å². The van der Waals surface area contributed by atoms with Crippen molar-refractivity contribution < 1.29 is 5.11 Å². The van der Waals surface area contributed by atoms with Gasteiger partial charge in [-0.2, -0.15) is 0 Å². The van der Waals surface area contributed by atoms with Crippen molar-refractivity contribution in [3.8, 4) is 5.75 Å². The van der Waals surface area contributed by atoms with Crippen LogP contribution in [0.1, 0.15) is 77.6 Å². The van der Waals surface area contributed by atoms with Crippen LogP contribution in [0.5, 0.6) is 5.75 Å². The minimum absolute atomic E-state index is 0.0413. The summed E-state index contributed by atoms with van der Waals surface area (Å²) >= 11 is 0. The lowest BCUT2D eigenvalue weighted by atomic mass is 9.77. The van der Waals surface area contributed by atoms with Gasteiger partial charge in [-0.3, -0.25) is 4.90 Å². The second-order valence-electron chi connectivity index (χ2n) is 9.92. The van der Waals surface area contributed by atoms with Crippen molar-refractivity contribution in [3.63, 3.8) is 0 Å². The lowest BCUT2D eigenvalue weighted by Gasteiger charge is -2.37. The van der Waals surface area contributed by atoms with Crippen molar-refractivity contribution in [2.45, 2.75) is 71.8 Å². The molecule has 1 aliphatic heterocycles. The van der Waals surface area contributed by atoms with Crippen LogP contribution in [0.15, 0.2) is 24.3 Å². The van der Waals surface area contributed by atoms with Crippen LogP contribution in [-0.4, -0.2) is 36.2 Å². The zero-order chi connectivity index (χ0) is 19.7. The standard InChI is InChI=1S/C23H38N2O/c1-16(2)13-20(25-11-9-24-10-12-25)18-14-17(22(3,4)5)15-19(21(18)26)23(6,7)8/h14-15,20,24,26H,1,9-13H2,2-8H3/t20-/m1/s1. The summed E-state index contributed by atoms with van der Waals surface area (Å²) < 4.78 is 0. The largest absolute Gasteiger partial charge is 0.507 e. The molecule has 146 valence electrons. The molecular formula is C23H38N2O. The molecule has 0 radical (unpaired) electrons. The molecule has 1 fully saturated rings. The Morgan fingerprint density at radius 2 is 1.69 bits per heavy atom. The Labute approximate surface area is 160 Å². The van der Waals surface area contributed by atoms with Crippen LogP contribution in [0.4, 0.5) is 0 Å². The van der Waals surface area contributed by atoms with Crippen molar-refractivity contribution in [3.05, 3.63) is 41.0 Å². The third-order valence-electron chi connectivity index (χ3n) is 5.31. The summed E-state index contributed by atoms with van der Waals surface area (Å²) in [5, 5.41) is 14.7. The number of hydrogen-bond donors (Lipinski definition) is 2. The molecule has 1 aromatic rings. The van der Waals surface area contributed by atoms with E-state index in [1.807, 2.05) is 0 Å². The molecule has 0 aliphatic carbocycles. The summed E-state index contributed by atoms with van der Waals surface area (Å²) in [4.78, 5) is 2.50. The van der Waals surface area contributed by atoms with Crippen molar-refractivity contribution in [1.29, 1.82) is 0 Å². The highest BCUT2D eigenvalue weighted by atomic mass is 16.3. The average Bonchev–Trinajstić information content (AvgIpc) is 2.51. The molecule has 0 bridgehead atoms. The number of phenols is 1. The highest BCUT2D eigenvalue weighted by Crippen LogP contribution is 2.42. The van der Waals surface area contributed by atoms with Gasteiger partial charge in [0.15, 0.2) is 0 Å². The summed E-state index contributed by atoms with van der Waals surface area (Å²) in [7, 11) is 0. The second-order valence-corrected chi connectivity index (χ2v) is 9.92. The first-order chi connectivity index (χ1) is 11.9. The van der Waals surface area contributed by atoms with Crippen LogP contribution in [0.2, 0.25) is 0 Å². The smallest absolute Gasteiger partial charge is 0.124 e. The average molecular weight is 359 g/mol. The Balaban J connectivity index is 2.63. The molecule has 0 unspecified atom stereocenters. The van der Waals surface area contributed by atoms with Crippen molar-refractivity contribution >= 4 is 0 Å². The summed E-state index contributed by atoms with van der Waals surface area (Å²) in [5.74, 6) is 0.468. The normalized spacial score (nSPS) is 18.0. The van der Waals surface area contributed by atoms with Gasteiger partial charge in [0.2, 0.25) is 0 Å².